The maximum atomic E-state index is 12.2. The average Bonchev–Trinajstić information content (AvgIpc) is 2.49. The Kier molecular flexibility index (Phi) is 4.85. The van der Waals surface area contributed by atoms with E-state index in [2.05, 4.69) is 4.98 Å². The minimum Gasteiger partial charge on any atom is -0.466 e. The average molecular weight is 308 g/mol. The number of H-pyrrole nitrogens is 1. The van der Waals surface area contributed by atoms with Gasteiger partial charge in [0.15, 0.2) is 0 Å². The third-order valence-electron chi connectivity index (χ3n) is 4.12. The van der Waals surface area contributed by atoms with Crippen molar-refractivity contribution in [1.29, 1.82) is 0 Å². The lowest BCUT2D eigenvalue weighted by Crippen LogP contribution is -2.46. The van der Waals surface area contributed by atoms with Crippen LogP contribution in [0.3, 0.4) is 0 Å². The number of pyridine rings is 1. The van der Waals surface area contributed by atoms with Gasteiger partial charge in [0, 0.05) is 30.8 Å². The van der Waals surface area contributed by atoms with E-state index >= 15 is 0 Å². The van der Waals surface area contributed by atoms with Gasteiger partial charge in [0.1, 0.15) is 0 Å². The van der Waals surface area contributed by atoms with Crippen LogP contribution >= 0.6 is 0 Å². The minimum absolute atomic E-state index is 0.0884. The molecular weight excluding hydrogens is 288 g/mol. The summed E-state index contributed by atoms with van der Waals surface area (Å²) in [5.74, 6) is -1.22. The zero-order chi connectivity index (χ0) is 16.3. The molecule has 2 heterocycles. The van der Waals surface area contributed by atoms with E-state index in [0.717, 1.165) is 5.56 Å². The van der Waals surface area contributed by atoms with Gasteiger partial charge in [-0.3, -0.25) is 9.59 Å². The van der Waals surface area contributed by atoms with Gasteiger partial charge >= 0.3 is 12.1 Å². The van der Waals surface area contributed by atoms with E-state index in [1.165, 1.54) is 4.90 Å². The second-order valence-electron chi connectivity index (χ2n) is 5.37. The van der Waals surface area contributed by atoms with Crippen LogP contribution in [0, 0.1) is 12.8 Å². The van der Waals surface area contributed by atoms with Gasteiger partial charge < -0.3 is 19.7 Å². The molecule has 0 aliphatic carbocycles. The molecule has 2 N–H and O–H groups in total. The molecular formula is C15H20N2O5. The van der Waals surface area contributed by atoms with Crippen molar-refractivity contribution < 1.29 is 19.4 Å². The summed E-state index contributed by atoms with van der Waals surface area (Å²) in [4.78, 5) is 39.0. The van der Waals surface area contributed by atoms with E-state index in [1.807, 2.05) is 0 Å². The highest BCUT2D eigenvalue weighted by molar-refractivity contribution is 5.76. The standard InChI is InChI=1S/C15H20N2O5/c1-3-22-14(19)12-8-17(15(20)21)7-5-11(12)10-4-6-16-13(18)9(10)2/h4,6,11-12H,3,5,7-8H2,1-2H3,(H,16,18)(H,20,21). The van der Waals surface area contributed by atoms with Crippen LogP contribution in [0.5, 0.6) is 0 Å². The predicted octanol–water partition coefficient (Wildman–Crippen LogP) is 1.33. The van der Waals surface area contributed by atoms with Gasteiger partial charge in [-0.1, -0.05) is 0 Å². The summed E-state index contributed by atoms with van der Waals surface area (Å²) >= 11 is 0. The number of carbonyl (C=O) groups is 2. The van der Waals surface area contributed by atoms with Crippen molar-refractivity contribution in [1.82, 2.24) is 9.88 Å². The fraction of sp³-hybridized carbons (Fsp3) is 0.533. The number of nitrogens with one attached hydrogen (secondary N) is 1. The van der Waals surface area contributed by atoms with Crippen LogP contribution in [0.15, 0.2) is 17.1 Å². The van der Waals surface area contributed by atoms with Crippen LogP contribution < -0.4 is 5.56 Å². The van der Waals surface area contributed by atoms with Crippen molar-refractivity contribution >= 4 is 12.1 Å². The van der Waals surface area contributed by atoms with Crippen molar-refractivity contribution in [2.75, 3.05) is 19.7 Å². The number of likely N-dealkylation sites (tertiary alicyclic amines) is 1. The van der Waals surface area contributed by atoms with E-state index in [0.29, 0.717) is 18.5 Å². The molecule has 0 bridgehead atoms. The molecule has 0 saturated carbocycles. The van der Waals surface area contributed by atoms with Crippen molar-refractivity contribution in [2.24, 2.45) is 5.92 Å². The summed E-state index contributed by atoms with van der Waals surface area (Å²) in [7, 11) is 0. The topological polar surface area (TPSA) is 99.7 Å². The summed E-state index contributed by atoms with van der Waals surface area (Å²) in [5, 5.41) is 9.14. The monoisotopic (exact) mass is 308 g/mol. The van der Waals surface area contributed by atoms with Gasteiger partial charge in [-0.2, -0.15) is 0 Å². The first-order chi connectivity index (χ1) is 10.5. The second kappa shape index (κ2) is 6.64. The number of carboxylic acid groups (broad SMARTS) is 1. The van der Waals surface area contributed by atoms with Crippen LogP contribution in [0.25, 0.3) is 0 Å². The van der Waals surface area contributed by atoms with E-state index in [4.69, 9.17) is 9.84 Å². The first kappa shape index (κ1) is 16.1. The summed E-state index contributed by atoms with van der Waals surface area (Å²) in [5.41, 5.74) is 1.15. The smallest absolute Gasteiger partial charge is 0.407 e. The maximum absolute atomic E-state index is 12.2. The SMILES string of the molecule is CCOC(=O)C1CN(C(=O)O)CCC1c1cc[nH]c(=O)c1C. The largest absolute Gasteiger partial charge is 0.466 e. The molecule has 0 spiro atoms. The zero-order valence-corrected chi connectivity index (χ0v) is 12.7. The van der Waals surface area contributed by atoms with Crippen molar-refractivity contribution in [2.45, 2.75) is 26.2 Å². The summed E-state index contributed by atoms with van der Waals surface area (Å²) in [6.07, 6.45) is 0.992. The molecule has 1 aromatic rings. The quantitative estimate of drug-likeness (QED) is 0.821. The van der Waals surface area contributed by atoms with Gasteiger partial charge in [0.25, 0.3) is 5.56 Å². The highest BCUT2D eigenvalue weighted by Crippen LogP contribution is 2.34. The number of carbonyl (C=O) groups excluding carboxylic acids is 1. The number of hydrogen-bond donors (Lipinski definition) is 2. The first-order valence-electron chi connectivity index (χ1n) is 7.28. The van der Waals surface area contributed by atoms with Gasteiger partial charge in [-0.15, -0.1) is 0 Å². The van der Waals surface area contributed by atoms with Gasteiger partial charge in [-0.05, 0) is 31.9 Å². The number of amides is 1. The zero-order valence-electron chi connectivity index (χ0n) is 12.7. The number of aromatic nitrogens is 1. The Hall–Kier alpha value is -2.31. The third kappa shape index (κ3) is 3.13. The molecule has 1 aliphatic rings. The lowest BCUT2D eigenvalue weighted by molar-refractivity contribution is -0.150. The number of esters is 1. The van der Waals surface area contributed by atoms with Gasteiger partial charge in [-0.25, -0.2) is 4.79 Å². The number of nitrogens with zero attached hydrogens (tertiary/aromatic N) is 1. The third-order valence-corrected chi connectivity index (χ3v) is 4.12. The van der Waals surface area contributed by atoms with Crippen molar-refractivity contribution in [3.8, 4) is 0 Å². The Balaban J connectivity index is 2.35. The van der Waals surface area contributed by atoms with Crippen LogP contribution in [0.2, 0.25) is 0 Å². The summed E-state index contributed by atoms with van der Waals surface area (Å²) in [6, 6.07) is 1.78. The second-order valence-corrected chi connectivity index (χ2v) is 5.37. The molecule has 0 aromatic carbocycles. The Bertz CT molecular complexity index is 625. The molecule has 1 saturated heterocycles. The lowest BCUT2D eigenvalue weighted by Gasteiger charge is -2.36. The Labute approximate surface area is 127 Å². The molecule has 22 heavy (non-hydrogen) atoms. The van der Waals surface area contributed by atoms with Crippen LogP contribution in [-0.2, 0) is 9.53 Å². The Morgan fingerprint density at radius 3 is 2.86 bits per heavy atom. The molecule has 1 aromatic heterocycles. The van der Waals surface area contributed by atoms with Crippen LogP contribution in [-0.4, -0.2) is 46.7 Å². The molecule has 1 aliphatic heterocycles. The summed E-state index contributed by atoms with van der Waals surface area (Å²) < 4.78 is 5.09. The van der Waals surface area contributed by atoms with Crippen LogP contribution in [0.4, 0.5) is 4.79 Å². The molecule has 7 heteroatoms. The van der Waals surface area contributed by atoms with Crippen LogP contribution in [0.1, 0.15) is 30.4 Å². The minimum atomic E-state index is -1.05. The van der Waals surface area contributed by atoms with Gasteiger partial charge in [0.05, 0.1) is 12.5 Å². The number of aromatic amines is 1. The molecule has 0 radical (unpaired) electrons. The van der Waals surface area contributed by atoms with E-state index in [-0.39, 0.29) is 24.6 Å². The Morgan fingerprint density at radius 1 is 1.50 bits per heavy atom. The number of hydrogen-bond acceptors (Lipinski definition) is 4. The lowest BCUT2D eigenvalue weighted by atomic mass is 9.79. The molecule has 120 valence electrons. The van der Waals surface area contributed by atoms with Crippen molar-refractivity contribution in [3.05, 3.63) is 33.7 Å². The highest BCUT2D eigenvalue weighted by Gasteiger charge is 2.38. The predicted molar refractivity (Wildman–Crippen MR) is 78.9 cm³/mol. The molecule has 1 amide bonds. The number of ether oxygens (including phenoxy) is 1. The molecule has 7 nitrogen and oxygen atoms in total. The number of piperidine rings is 1. The molecule has 2 atom stereocenters. The fourth-order valence-corrected chi connectivity index (χ4v) is 2.96. The van der Waals surface area contributed by atoms with E-state index in [1.54, 1.807) is 26.1 Å². The number of rotatable bonds is 3. The summed E-state index contributed by atoms with van der Waals surface area (Å²) in [6.45, 7) is 4.08. The van der Waals surface area contributed by atoms with Crippen molar-refractivity contribution in [3.63, 3.8) is 0 Å². The fourth-order valence-electron chi connectivity index (χ4n) is 2.96. The molecule has 2 unspecified atom stereocenters. The molecule has 1 fully saturated rings. The van der Waals surface area contributed by atoms with E-state index in [9.17, 15) is 14.4 Å². The highest BCUT2D eigenvalue weighted by atomic mass is 16.5. The normalized spacial score (nSPS) is 21.5. The van der Waals surface area contributed by atoms with E-state index < -0.39 is 18.0 Å². The maximum Gasteiger partial charge on any atom is 0.407 e. The molecule has 2 rings (SSSR count). The first-order valence-corrected chi connectivity index (χ1v) is 7.28. The van der Waals surface area contributed by atoms with Gasteiger partial charge in [0.2, 0.25) is 0 Å². The Morgan fingerprint density at radius 2 is 2.23 bits per heavy atom.